The molecule has 1 aliphatic rings. The SMILES string of the molecule is CCC(CC)CNC1CC1(C)C. The summed E-state index contributed by atoms with van der Waals surface area (Å²) in [7, 11) is 0. The molecule has 1 atom stereocenters. The highest BCUT2D eigenvalue weighted by molar-refractivity contribution is 5.01. The minimum Gasteiger partial charge on any atom is -0.313 e. The van der Waals surface area contributed by atoms with E-state index < -0.39 is 0 Å². The predicted molar refractivity (Wildman–Crippen MR) is 54.3 cm³/mol. The molecule has 1 heteroatoms. The first-order valence-electron chi connectivity index (χ1n) is 5.33. The Morgan fingerprint density at radius 1 is 1.33 bits per heavy atom. The largest absolute Gasteiger partial charge is 0.313 e. The van der Waals surface area contributed by atoms with Gasteiger partial charge in [-0.05, 0) is 24.3 Å². The molecule has 12 heavy (non-hydrogen) atoms. The molecule has 0 radical (unpaired) electrons. The lowest BCUT2D eigenvalue weighted by Gasteiger charge is -2.13. The molecule has 72 valence electrons. The van der Waals surface area contributed by atoms with Crippen LogP contribution in [0.15, 0.2) is 0 Å². The maximum absolute atomic E-state index is 3.65. The summed E-state index contributed by atoms with van der Waals surface area (Å²) in [6.45, 7) is 10.5. The van der Waals surface area contributed by atoms with Gasteiger partial charge in [0.1, 0.15) is 0 Å². The fourth-order valence-corrected chi connectivity index (χ4v) is 1.70. The van der Waals surface area contributed by atoms with E-state index >= 15 is 0 Å². The van der Waals surface area contributed by atoms with Crippen LogP contribution in [0.3, 0.4) is 0 Å². The van der Waals surface area contributed by atoms with Crippen molar-refractivity contribution < 1.29 is 0 Å². The van der Waals surface area contributed by atoms with E-state index in [0.717, 1.165) is 12.0 Å². The van der Waals surface area contributed by atoms with Crippen LogP contribution in [0.4, 0.5) is 0 Å². The summed E-state index contributed by atoms with van der Waals surface area (Å²) >= 11 is 0. The second-order valence-corrected chi connectivity index (χ2v) is 4.84. The van der Waals surface area contributed by atoms with E-state index in [4.69, 9.17) is 0 Å². The van der Waals surface area contributed by atoms with E-state index in [1.165, 1.54) is 25.8 Å². The molecule has 1 fully saturated rings. The second kappa shape index (κ2) is 3.78. The Kier molecular flexibility index (Phi) is 3.16. The maximum Gasteiger partial charge on any atom is 0.0125 e. The van der Waals surface area contributed by atoms with Gasteiger partial charge in [-0.3, -0.25) is 0 Å². The van der Waals surface area contributed by atoms with Crippen molar-refractivity contribution in [2.75, 3.05) is 6.54 Å². The molecule has 0 spiro atoms. The van der Waals surface area contributed by atoms with Crippen LogP contribution in [-0.4, -0.2) is 12.6 Å². The molecule has 0 bridgehead atoms. The van der Waals surface area contributed by atoms with Gasteiger partial charge in [0.2, 0.25) is 0 Å². The van der Waals surface area contributed by atoms with E-state index in [2.05, 4.69) is 33.0 Å². The van der Waals surface area contributed by atoms with Crippen molar-refractivity contribution in [3.63, 3.8) is 0 Å². The minimum absolute atomic E-state index is 0.589. The fraction of sp³-hybridized carbons (Fsp3) is 1.00. The average molecular weight is 169 g/mol. The van der Waals surface area contributed by atoms with Crippen LogP contribution >= 0.6 is 0 Å². The molecule has 0 heterocycles. The molecular weight excluding hydrogens is 146 g/mol. The Labute approximate surface area is 76.9 Å². The fourth-order valence-electron chi connectivity index (χ4n) is 1.70. The van der Waals surface area contributed by atoms with E-state index in [0.29, 0.717) is 5.41 Å². The van der Waals surface area contributed by atoms with E-state index in [-0.39, 0.29) is 0 Å². The van der Waals surface area contributed by atoms with Gasteiger partial charge in [-0.15, -0.1) is 0 Å². The quantitative estimate of drug-likeness (QED) is 0.667. The van der Waals surface area contributed by atoms with Gasteiger partial charge in [-0.1, -0.05) is 40.5 Å². The van der Waals surface area contributed by atoms with Crippen molar-refractivity contribution in [2.45, 2.75) is 53.0 Å². The molecule has 1 aliphatic carbocycles. The smallest absolute Gasteiger partial charge is 0.0125 e. The Morgan fingerprint density at radius 3 is 2.17 bits per heavy atom. The van der Waals surface area contributed by atoms with Crippen LogP contribution in [-0.2, 0) is 0 Å². The van der Waals surface area contributed by atoms with Crippen LogP contribution in [0.1, 0.15) is 47.0 Å². The third-order valence-corrected chi connectivity index (χ3v) is 3.32. The van der Waals surface area contributed by atoms with Crippen LogP contribution in [0.25, 0.3) is 0 Å². The number of hydrogen-bond donors (Lipinski definition) is 1. The number of rotatable bonds is 5. The van der Waals surface area contributed by atoms with Crippen LogP contribution in [0.5, 0.6) is 0 Å². The van der Waals surface area contributed by atoms with Gasteiger partial charge in [-0.2, -0.15) is 0 Å². The molecule has 1 nitrogen and oxygen atoms in total. The Hall–Kier alpha value is -0.0400. The highest BCUT2D eigenvalue weighted by atomic mass is 15.0. The van der Waals surface area contributed by atoms with E-state index in [1.54, 1.807) is 0 Å². The molecule has 0 aromatic heterocycles. The first kappa shape index (κ1) is 10.0. The topological polar surface area (TPSA) is 12.0 Å². The first-order valence-corrected chi connectivity index (χ1v) is 5.33. The van der Waals surface area contributed by atoms with Gasteiger partial charge in [-0.25, -0.2) is 0 Å². The molecule has 1 N–H and O–H groups in total. The van der Waals surface area contributed by atoms with Crippen molar-refractivity contribution in [2.24, 2.45) is 11.3 Å². The van der Waals surface area contributed by atoms with Crippen LogP contribution in [0, 0.1) is 11.3 Å². The lowest BCUT2D eigenvalue weighted by atomic mass is 10.0. The van der Waals surface area contributed by atoms with Gasteiger partial charge < -0.3 is 5.32 Å². The second-order valence-electron chi connectivity index (χ2n) is 4.84. The summed E-state index contributed by atoms with van der Waals surface area (Å²) in [5.74, 6) is 0.890. The van der Waals surface area contributed by atoms with Crippen molar-refractivity contribution in [3.8, 4) is 0 Å². The molecule has 0 aromatic rings. The Balaban J connectivity index is 2.10. The van der Waals surface area contributed by atoms with Crippen LogP contribution < -0.4 is 5.32 Å². The molecule has 0 aromatic carbocycles. The van der Waals surface area contributed by atoms with Crippen molar-refractivity contribution in [1.82, 2.24) is 5.32 Å². The zero-order valence-corrected chi connectivity index (χ0v) is 8.98. The summed E-state index contributed by atoms with van der Waals surface area (Å²) in [6.07, 6.45) is 4.00. The lowest BCUT2D eigenvalue weighted by Crippen LogP contribution is -2.26. The van der Waals surface area contributed by atoms with Gasteiger partial charge >= 0.3 is 0 Å². The summed E-state index contributed by atoms with van der Waals surface area (Å²) < 4.78 is 0. The zero-order valence-electron chi connectivity index (χ0n) is 8.98. The monoisotopic (exact) mass is 169 g/mol. The molecule has 0 amide bonds. The summed E-state index contributed by atoms with van der Waals surface area (Å²) in [5.41, 5.74) is 0.589. The Bertz CT molecular complexity index is 134. The van der Waals surface area contributed by atoms with Crippen molar-refractivity contribution in [3.05, 3.63) is 0 Å². The van der Waals surface area contributed by atoms with Gasteiger partial charge in [0.05, 0.1) is 0 Å². The lowest BCUT2D eigenvalue weighted by molar-refractivity contribution is 0.428. The van der Waals surface area contributed by atoms with Gasteiger partial charge in [0.25, 0.3) is 0 Å². The van der Waals surface area contributed by atoms with Crippen molar-refractivity contribution in [1.29, 1.82) is 0 Å². The third-order valence-electron chi connectivity index (χ3n) is 3.32. The molecule has 1 rings (SSSR count). The molecular formula is C11H23N. The third kappa shape index (κ3) is 2.48. The summed E-state index contributed by atoms with van der Waals surface area (Å²) in [4.78, 5) is 0. The standard InChI is InChI=1S/C11H23N/c1-5-9(6-2)8-12-10-7-11(10,3)4/h9-10,12H,5-8H2,1-4H3. The molecule has 0 saturated heterocycles. The van der Waals surface area contributed by atoms with E-state index in [9.17, 15) is 0 Å². The van der Waals surface area contributed by atoms with Gasteiger partial charge in [0.15, 0.2) is 0 Å². The average Bonchev–Trinajstić information content (AvgIpc) is 2.61. The first-order chi connectivity index (χ1) is 5.60. The minimum atomic E-state index is 0.589. The van der Waals surface area contributed by atoms with Gasteiger partial charge in [0, 0.05) is 6.04 Å². The molecule has 1 saturated carbocycles. The summed E-state index contributed by atoms with van der Waals surface area (Å²) in [6, 6.07) is 0.804. The highest BCUT2D eigenvalue weighted by Crippen LogP contribution is 2.44. The number of hydrogen-bond acceptors (Lipinski definition) is 1. The highest BCUT2D eigenvalue weighted by Gasteiger charge is 2.45. The normalized spacial score (nSPS) is 26.2. The van der Waals surface area contributed by atoms with Crippen molar-refractivity contribution >= 4 is 0 Å². The zero-order chi connectivity index (χ0) is 9.19. The van der Waals surface area contributed by atoms with Crippen LogP contribution in [0.2, 0.25) is 0 Å². The summed E-state index contributed by atoms with van der Waals surface area (Å²) in [5, 5.41) is 3.65. The maximum atomic E-state index is 3.65. The van der Waals surface area contributed by atoms with E-state index in [1.807, 2.05) is 0 Å². The molecule has 1 unspecified atom stereocenters. The number of nitrogens with one attached hydrogen (secondary N) is 1. The molecule has 0 aliphatic heterocycles. The predicted octanol–water partition coefficient (Wildman–Crippen LogP) is 2.81. The Morgan fingerprint density at radius 2 is 1.83 bits per heavy atom.